The van der Waals surface area contributed by atoms with E-state index in [1.54, 1.807) is 18.2 Å². The molecule has 2 rings (SSSR count). The van der Waals surface area contributed by atoms with E-state index in [0.717, 1.165) is 13.0 Å². The highest BCUT2D eigenvalue weighted by Crippen LogP contribution is 2.20. The molecule has 1 saturated heterocycles. The molecule has 1 N–H and O–H groups in total. The molecule has 1 aromatic rings. The molecular weight excluding hydrogens is 245 g/mol. The molecule has 1 aliphatic rings. The van der Waals surface area contributed by atoms with E-state index in [1.165, 1.54) is 26.4 Å². The SMILES string of the molecule is COc1cccc(COCCC2CCCCN2)c1F. The molecule has 0 aliphatic carbocycles. The first-order valence-corrected chi connectivity index (χ1v) is 6.94. The quantitative estimate of drug-likeness (QED) is 0.804. The predicted molar refractivity (Wildman–Crippen MR) is 72.9 cm³/mol. The molecule has 19 heavy (non-hydrogen) atoms. The average molecular weight is 267 g/mol. The first-order chi connectivity index (χ1) is 9.31. The maximum Gasteiger partial charge on any atom is 0.170 e. The summed E-state index contributed by atoms with van der Waals surface area (Å²) in [6.07, 6.45) is 4.77. The van der Waals surface area contributed by atoms with Crippen molar-refractivity contribution < 1.29 is 13.9 Å². The van der Waals surface area contributed by atoms with Crippen LogP contribution in [-0.4, -0.2) is 26.3 Å². The van der Waals surface area contributed by atoms with Gasteiger partial charge in [-0.05, 0) is 31.9 Å². The molecule has 1 fully saturated rings. The number of hydrogen-bond donors (Lipinski definition) is 1. The van der Waals surface area contributed by atoms with Crippen molar-refractivity contribution in [3.05, 3.63) is 29.6 Å². The maximum absolute atomic E-state index is 13.8. The first kappa shape index (κ1) is 14.3. The van der Waals surface area contributed by atoms with E-state index in [4.69, 9.17) is 9.47 Å². The Bertz CT molecular complexity index is 392. The van der Waals surface area contributed by atoms with Crippen molar-refractivity contribution in [1.82, 2.24) is 5.32 Å². The number of halogens is 1. The lowest BCUT2D eigenvalue weighted by Gasteiger charge is -2.23. The number of nitrogens with one attached hydrogen (secondary N) is 1. The zero-order valence-electron chi connectivity index (χ0n) is 11.5. The van der Waals surface area contributed by atoms with Gasteiger partial charge >= 0.3 is 0 Å². The van der Waals surface area contributed by atoms with Crippen LogP contribution in [0.4, 0.5) is 4.39 Å². The molecule has 0 saturated carbocycles. The smallest absolute Gasteiger partial charge is 0.170 e. The van der Waals surface area contributed by atoms with Gasteiger partial charge in [-0.25, -0.2) is 4.39 Å². The van der Waals surface area contributed by atoms with Crippen LogP contribution in [-0.2, 0) is 11.3 Å². The van der Waals surface area contributed by atoms with E-state index in [1.807, 2.05) is 0 Å². The van der Waals surface area contributed by atoms with Crippen LogP contribution in [0.15, 0.2) is 18.2 Å². The topological polar surface area (TPSA) is 30.5 Å². The Hall–Kier alpha value is -1.13. The van der Waals surface area contributed by atoms with Crippen LogP contribution in [0, 0.1) is 5.82 Å². The number of methoxy groups -OCH3 is 1. The molecule has 1 atom stereocenters. The van der Waals surface area contributed by atoms with E-state index in [2.05, 4.69) is 5.32 Å². The van der Waals surface area contributed by atoms with Crippen molar-refractivity contribution in [2.24, 2.45) is 0 Å². The van der Waals surface area contributed by atoms with Crippen LogP contribution in [0.5, 0.6) is 5.75 Å². The summed E-state index contributed by atoms with van der Waals surface area (Å²) in [6, 6.07) is 5.69. The lowest BCUT2D eigenvalue weighted by Crippen LogP contribution is -2.34. The zero-order chi connectivity index (χ0) is 13.5. The normalized spacial score (nSPS) is 19.4. The summed E-state index contributed by atoms with van der Waals surface area (Å²) in [5, 5.41) is 3.47. The van der Waals surface area contributed by atoms with E-state index in [-0.39, 0.29) is 11.6 Å². The minimum absolute atomic E-state index is 0.273. The Labute approximate surface area is 114 Å². The maximum atomic E-state index is 13.8. The largest absolute Gasteiger partial charge is 0.494 e. The van der Waals surface area contributed by atoms with Crippen molar-refractivity contribution in [3.8, 4) is 5.75 Å². The number of benzene rings is 1. The summed E-state index contributed by atoms with van der Waals surface area (Å²) in [5.74, 6) is -0.0455. The Morgan fingerprint density at radius 1 is 1.37 bits per heavy atom. The van der Waals surface area contributed by atoms with Gasteiger partial charge < -0.3 is 14.8 Å². The van der Waals surface area contributed by atoms with E-state index >= 15 is 0 Å². The highest BCUT2D eigenvalue weighted by atomic mass is 19.1. The number of piperidine rings is 1. The van der Waals surface area contributed by atoms with Crippen LogP contribution in [0.1, 0.15) is 31.2 Å². The van der Waals surface area contributed by atoms with Gasteiger partial charge in [0, 0.05) is 18.2 Å². The molecule has 0 amide bonds. The van der Waals surface area contributed by atoms with Crippen molar-refractivity contribution in [1.29, 1.82) is 0 Å². The molecule has 4 heteroatoms. The van der Waals surface area contributed by atoms with Crippen LogP contribution >= 0.6 is 0 Å². The molecule has 0 bridgehead atoms. The van der Waals surface area contributed by atoms with Crippen molar-refractivity contribution in [2.75, 3.05) is 20.3 Å². The minimum atomic E-state index is -0.319. The van der Waals surface area contributed by atoms with Gasteiger partial charge in [-0.3, -0.25) is 0 Å². The molecule has 0 spiro atoms. The van der Waals surface area contributed by atoms with Crippen molar-refractivity contribution >= 4 is 0 Å². The second-order valence-corrected chi connectivity index (χ2v) is 4.92. The summed E-state index contributed by atoms with van der Waals surface area (Å²) >= 11 is 0. The molecular formula is C15H22FNO2. The predicted octanol–water partition coefficient (Wildman–Crippen LogP) is 2.88. The van der Waals surface area contributed by atoms with Crippen LogP contribution < -0.4 is 10.1 Å². The van der Waals surface area contributed by atoms with Gasteiger partial charge in [0.25, 0.3) is 0 Å². The molecule has 0 aromatic heterocycles. The fourth-order valence-electron chi connectivity index (χ4n) is 2.40. The summed E-state index contributed by atoms with van der Waals surface area (Å²) < 4.78 is 24.4. The summed E-state index contributed by atoms with van der Waals surface area (Å²) in [4.78, 5) is 0. The van der Waals surface area contributed by atoms with E-state index in [0.29, 0.717) is 24.8 Å². The van der Waals surface area contributed by atoms with Gasteiger partial charge in [-0.1, -0.05) is 18.6 Å². The first-order valence-electron chi connectivity index (χ1n) is 6.94. The van der Waals surface area contributed by atoms with Gasteiger partial charge in [0.15, 0.2) is 11.6 Å². The average Bonchev–Trinajstić information content (AvgIpc) is 2.46. The second-order valence-electron chi connectivity index (χ2n) is 4.92. The van der Waals surface area contributed by atoms with Crippen molar-refractivity contribution in [3.63, 3.8) is 0 Å². The van der Waals surface area contributed by atoms with Gasteiger partial charge in [-0.15, -0.1) is 0 Å². The highest BCUT2D eigenvalue weighted by Gasteiger charge is 2.12. The van der Waals surface area contributed by atoms with E-state index in [9.17, 15) is 4.39 Å². The molecule has 1 heterocycles. The Morgan fingerprint density at radius 2 is 2.26 bits per heavy atom. The van der Waals surface area contributed by atoms with Gasteiger partial charge in [0.2, 0.25) is 0 Å². The Balaban J connectivity index is 1.73. The van der Waals surface area contributed by atoms with Gasteiger partial charge in [0.05, 0.1) is 13.7 Å². The van der Waals surface area contributed by atoms with Gasteiger partial charge in [-0.2, -0.15) is 0 Å². The number of ether oxygens (including phenoxy) is 2. The van der Waals surface area contributed by atoms with Gasteiger partial charge in [0.1, 0.15) is 0 Å². The molecule has 1 unspecified atom stereocenters. The lowest BCUT2D eigenvalue weighted by molar-refractivity contribution is 0.106. The zero-order valence-corrected chi connectivity index (χ0v) is 11.5. The van der Waals surface area contributed by atoms with Crippen LogP contribution in [0.2, 0.25) is 0 Å². The molecule has 0 radical (unpaired) electrons. The summed E-state index contributed by atoms with van der Waals surface area (Å²) in [5.41, 5.74) is 0.552. The third-order valence-corrected chi connectivity index (χ3v) is 3.54. The van der Waals surface area contributed by atoms with Crippen molar-refractivity contribution in [2.45, 2.75) is 38.3 Å². The molecule has 1 aliphatic heterocycles. The number of rotatable bonds is 6. The number of hydrogen-bond acceptors (Lipinski definition) is 3. The third-order valence-electron chi connectivity index (χ3n) is 3.54. The second kappa shape index (κ2) is 7.46. The fourth-order valence-corrected chi connectivity index (χ4v) is 2.40. The molecule has 106 valence electrons. The standard InChI is InChI=1S/C15H22FNO2/c1-18-14-7-4-5-12(15(14)16)11-19-10-8-13-6-2-3-9-17-13/h4-5,7,13,17H,2-3,6,8-11H2,1H3. The lowest BCUT2D eigenvalue weighted by atomic mass is 10.0. The molecule has 3 nitrogen and oxygen atoms in total. The van der Waals surface area contributed by atoms with Crippen LogP contribution in [0.3, 0.4) is 0 Å². The summed E-state index contributed by atoms with van der Waals surface area (Å²) in [6.45, 7) is 2.07. The summed E-state index contributed by atoms with van der Waals surface area (Å²) in [7, 11) is 1.47. The monoisotopic (exact) mass is 267 g/mol. The molecule has 1 aromatic carbocycles. The Kier molecular flexibility index (Phi) is 5.61. The van der Waals surface area contributed by atoms with E-state index < -0.39 is 0 Å². The Morgan fingerprint density at radius 3 is 3.00 bits per heavy atom. The fraction of sp³-hybridized carbons (Fsp3) is 0.600. The minimum Gasteiger partial charge on any atom is -0.494 e. The third kappa shape index (κ3) is 4.18. The van der Waals surface area contributed by atoms with Crippen LogP contribution in [0.25, 0.3) is 0 Å². The highest BCUT2D eigenvalue weighted by molar-refractivity contribution is 5.30.